The first-order chi connectivity index (χ1) is 7.49. The Labute approximate surface area is 96.7 Å². The fraction of sp³-hybridized carbons (Fsp3) is 0.667. The molecule has 16 heavy (non-hydrogen) atoms. The van der Waals surface area contributed by atoms with Crippen LogP contribution in [0.1, 0.15) is 33.4 Å². The second-order valence-corrected chi connectivity index (χ2v) is 4.53. The molecule has 1 N–H and O–H groups in total. The molecule has 1 heterocycles. The van der Waals surface area contributed by atoms with Crippen LogP contribution in [0.5, 0.6) is 5.88 Å². The van der Waals surface area contributed by atoms with Crippen LogP contribution in [0.4, 0.5) is 0 Å². The highest BCUT2D eigenvalue weighted by atomic mass is 16.5. The highest BCUT2D eigenvalue weighted by Crippen LogP contribution is 2.11. The van der Waals surface area contributed by atoms with Crippen molar-refractivity contribution in [3.05, 3.63) is 18.1 Å². The van der Waals surface area contributed by atoms with E-state index in [0.29, 0.717) is 12.3 Å². The standard InChI is InChI=1S/C12H20N2O2/c1-8(2)11(15)5-10-6-13-7-12(14-10)16-9(3)4/h6-9,11,15H,5H2,1-4H3. The van der Waals surface area contributed by atoms with Crippen molar-refractivity contribution in [2.24, 2.45) is 5.92 Å². The number of aliphatic hydroxyl groups is 1. The molecule has 0 aliphatic carbocycles. The number of hydrogen-bond acceptors (Lipinski definition) is 4. The normalized spacial score (nSPS) is 13.2. The molecular formula is C12H20N2O2. The van der Waals surface area contributed by atoms with Crippen LogP contribution in [0.3, 0.4) is 0 Å². The van der Waals surface area contributed by atoms with Gasteiger partial charge in [-0.3, -0.25) is 4.98 Å². The summed E-state index contributed by atoms with van der Waals surface area (Å²) in [6, 6.07) is 0. The first-order valence-electron chi connectivity index (χ1n) is 5.64. The molecule has 1 unspecified atom stereocenters. The third-order valence-corrected chi connectivity index (χ3v) is 2.21. The van der Waals surface area contributed by atoms with Crippen molar-refractivity contribution < 1.29 is 9.84 Å². The molecule has 0 bridgehead atoms. The SMILES string of the molecule is CC(C)Oc1cncc(CC(O)C(C)C)n1. The molecule has 1 rings (SSSR count). The summed E-state index contributed by atoms with van der Waals surface area (Å²) < 4.78 is 5.44. The van der Waals surface area contributed by atoms with Crippen molar-refractivity contribution in [1.82, 2.24) is 9.97 Å². The van der Waals surface area contributed by atoms with E-state index in [1.54, 1.807) is 12.4 Å². The Morgan fingerprint density at radius 3 is 2.50 bits per heavy atom. The highest BCUT2D eigenvalue weighted by Gasteiger charge is 2.12. The van der Waals surface area contributed by atoms with E-state index in [2.05, 4.69) is 9.97 Å². The topological polar surface area (TPSA) is 55.2 Å². The summed E-state index contributed by atoms with van der Waals surface area (Å²) >= 11 is 0. The highest BCUT2D eigenvalue weighted by molar-refractivity contribution is 5.09. The van der Waals surface area contributed by atoms with Crippen LogP contribution in [-0.4, -0.2) is 27.3 Å². The van der Waals surface area contributed by atoms with Crippen LogP contribution >= 0.6 is 0 Å². The summed E-state index contributed by atoms with van der Waals surface area (Å²) in [7, 11) is 0. The zero-order valence-corrected chi connectivity index (χ0v) is 10.3. The summed E-state index contributed by atoms with van der Waals surface area (Å²) in [6.45, 7) is 7.84. The molecule has 0 radical (unpaired) electrons. The van der Waals surface area contributed by atoms with Crippen molar-refractivity contribution in [3.8, 4) is 5.88 Å². The third-order valence-electron chi connectivity index (χ3n) is 2.21. The number of aliphatic hydroxyl groups excluding tert-OH is 1. The molecule has 0 aliphatic heterocycles. The lowest BCUT2D eigenvalue weighted by molar-refractivity contribution is 0.124. The first kappa shape index (κ1) is 12.9. The Morgan fingerprint density at radius 1 is 1.25 bits per heavy atom. The monoisotopic (exact) mass is 224 g/mol. The molecule has 0 saturated heterocycles. The maximum Gasteiger partial charge on any atom is 0.232 e. The molecule has 0 amide bonds. The van der Waals surface area contributed by atoms with Crippen molar-refractivity contribution >= 4 is 0 Å². The van der Waals surface area contributed by atoms with Gasteiger partial charge in [0.25, 0.3) is 0 Å². The maximum absolute atomic E-state index is 9.74. The van der Waals surface area contributed by atoms with Crippen molar-refractivity contribution in [3.63, 3.8) is 0 Å². The van der Waals surface area contributed by atoms with Gasteiger partial charge >= 0.3 is 0 Å². The lowest BCUT2D eigenvalue weighted by Crippen LogP contribution is -2.18. The largest absolute Gasteiger partial charge is 0.474 e. The fourth-order valence-electron chi connectivity index (χ4n) is 1.23. The second kappa shape index (κ2) is 5.80. The van der Waals surface area contributed by atoms with Gasteiger partial charge in [0.15, 0.2) is 0 Å². The Balaban J connectivity index is 2.67. The number of aromatic nitrogens is 2. The van der Waals surface area contributed by atoms with Crippen LogP contribution < -0.4 is 4.74 Å². The lowest BCUT2D eigenvalue weighted by Gasteiger charge is -2.14. The van der Waals surface area contributed by atoms with Crippen molar-refractivity contribution in [2.75, 3.05) is 0 Å². The minimum Gasteiger partial charge on any atom is -0.474 e. The average molecular weight is 224 g/mol. The summed E-state index contributed by atoms with van der Waals surface area (Å²) in [6.07, 6.45) is 3.47. The van der Waals surface area contributed by atoms with E-state index < -0.39 is 0 Å². The van der Waals surface area contributed by atoms with Gasteiger partial charge in [0.2, 0.25) is 5.88 Å². The minimum absolute atomic E-state index is 0.0829. The van der Waals surface area contributed by atoms with Gasteiger partial charge in [-0.1, -0.05) is 13.8 Å². The Hall–Kier alpha value is -1.16. The molecule has 0 aliphatic rings. The molecule has 0 saturated carbocycles. The van der Waals surface area contributed by atoms with Crippen LogP contribution in [-0.2, 0) is 6.42 Å². The predicted molar refractivity (Wildman–Crippen MR) is 62.3 cm³/mol. The van der Waals surface area contributed by atoms with Gasteiger partial charge in [0.1, 0.15) is 0 Å². The van der Waals surface area contributed by atoms with E-state index in [-0.39, 0.29) is 18.1 Å². The summed E-state index contributed by atoms with van der Waals surface area (Å²) in [5, 5.41) is 9.74. The first-order valence-corrected chi connectivity index (χ1v) is 5.64. The lowest BCUT2D eigenvalue weighted by atomic mass is 10.0. The van der Waals surface area contributed by atoms with Crippen LogP contribution in [0.25, 0.3) is 0 Å². The third kappa shape index (κ3) is 4.14. The molecule has 1 atom stereocenters. The van der Waals surface area contributed by atoms with Gasteiger partial charge < -0.3 is 9.84 Å². The van der Waals surface area contributed by atoms with Crippen molar-refractivity contribution in [1.29, 1.82) is 0 Å². The molecule has 1 aromatic heterocycles. The molecule has 1 aromatic rings. The smallest absolute Gasteiger partial charge is 0.232 e. The number of hydrogen-bond donors (Lipinski definition) is 1. The second-order valence-electron chi connectivity index (χ2n) is 4.53. The number of rotatable bonds is 5. The van der Waals surface area contributed by atoms with Gasteiger partial charge in [0, 0.05) is 12.6 Å². The molecule has 90 valence electrons. The summed E-state index contributed by atoms with van der Waals surface area (Å²) in [5.74, 6) is 0.736. The van der Waals surface area contributed by atoms with Crippen LogP contribution in [0.15, 0.2) is 12.4 Å². The van der Waals surface area contributed by atoms with E-state index >= 15 is 0 Å². The Morgan fingerprint density at radius 2 is 1.94 bits per heavy atom. The van der Waals surface area contributed by atoms with Gasteiger partial charge in [-0.25, -0.2) is 4.98 Å². The minimum atomic E-state index is -0.386. The summed E-state index contributed by atoms with van der Waals surface area (Å²) in [5.41, 5.74) is 0.763. The molecular weight excluding hydrogens is 204 g/mol. The molecule has 0 aromatic carbocycles. The quantitative estimate of drug-likeness (QED) is 0.829. The Bertz CT molecular complexity index is 327. The number of nitrogens with zero attached hydrogens (tertiary/aromatic N) is 2. The van der Waals surface area contributed by atoms with Gasteiger partial charge in [-0.05, 0) is 19.8 Å². The molecule has 4 heteroatoms. The fourth-order valence-corrected chi connectivity index (χ4v) is 1.23. The van der Waals surface area contributed by atoms with Crippen LogP contribution in [0, 0.1) is 5.92 Å². The summed E-state index contributed by atoms with van der Waals surface area (Å²) in [4.78, 5) is 8.34. The van der Waals surface area contributed by atoms with Crippen LogP contribution in [0.2, 0.25) is 0 Å². The van der Waals surface area contributed by atoms with Crippen molar-refractivity contribution in [2.45, 2.75) is 46.3 Å². The molecule has 4 nitrogen and oxygen atoms in total. The maximum atomic E-state index is 9.74. The van der Waals surface area contributed by atoms with E-state index in [1.807, 2.05) is 27.7 Å². The van der Waals surface area contributed by atoms with E-state index in [9.17, 15) is 5.11 Å². The Kier molecular flexibility index (Phi) is 4.68. The van der Waals surface area contributed by atoms with E-state index in [0.717, 1.165) is 5.69 Å². The van der Waals surface area contributed by atoms with E-state index in [4.69, 9.17) is 4.74 Å². The number of ether oxygens (including phenoxy) is 1. The predicted octanol–water partition coefficient (Wildman–Crippen LogP) is 1.82. The zero-order valence-electron chi connectivity index (χ0n) is 10.3. The van der Waals surface area contributed by atoms with Gasteiger partial charge in [-0.2, -0.15) is 0 Å². The van der Waals surface area contributed by atoms with E-state index in [1.165, 1.54) is 0 Å². The zero-order chi connectivity index (χ0) is 12.1. The van der Waals surface area contributed by atoms with Gasteiger partial charge in [0.05, 0.1) is 24.1 Å². The molecule has 0 fully saturated rings. The molecule has 0 spiro atoms. The van der Waals surface area contributed by atoms with Gasteiger partial charge in [-0.15, -0.1) is 0 Å². The average Bonchev–Trinajstić information content (AvgIpc) is 2.16.